The summed E-state index contributed by atoms with van der Waals surface area (Å²) in [4.78, 5) is 0. The largest absolute Gasteiger partial charge is 0.396 e. The average molecular weight is 178 g/mol. The van der Waals surface area contributed by atoms with Crippen LogP contribution in [0.5, 0.6) is 0 Å². The lowest BCUT2D eigenvalue weighted by Gasteiger charge is -2.29. The lowest BCUT2D eigenvalue weighted by Crippen LogP contribution is -2.25. The van der Waals surface area contributed by atoms with Gasteiger partial charge in [-0.3, -0.25) is 0 Å². The van der Waals surface area contributed by atoms with Crippen molar-refractivity contribution in [3.63, 3.8) is 0 Å². The molecule has 0 bridgehead atoms. The van der Waals surface area contributed by atoms with Crippen LogP contribution >= 0.6 is 9.24 Å². The first-order chi connectivity index (χ1) is 5.02. The molecule has 0 heterocycles. The molecule has 1 atom stereocenters. The van der Waals surface area contributed by atoms with Crippen LogP contribution in [0.2, 0.25) is 0 Å². The maximum absolute atomic E-state index is 8.74. The molecule has 1 unspecified atom stereocenters. The second-order valence-corrected chi connectivity index (χ2v) is 5.03. The molecular weight excluding hydrogens is 159 g/mol. The molecule has 0 aliphatic rings. The molecule has 68 valence electrons. The van der Waals surface area contributed by atoms with Gasteiger partial charge in [0.25, 0.3) is 0 Å². The Bertz CT molecular complexity index is 92.8. The van der Waals surface area contributed by atoms with Crippen LogP contribution in [0.1, 0.15) is 26.7 Å². The molecular formula is C8H19O2P. The second-order valence-electron chi connectivity index (χ2n) is 3.54. The summed E-state index contributed by atoms with van der Waals surface area (Å²) in [6, 6.07) is 0. The van der Waals surface area contributed by atoms with Crippen molar-refractivity contribution >= 4 is 9.24 Å². The van der Waals surface area contributed by atoms with Crippen LogP contribution in [-0.4, -0.2) is 28.6 Å². The van der Waals surface area contributed by atoms with Crippen LogP contribution in [0.3, 0.4) is 0 Å². The van der Waals surface area contributed by atoms with Crippen LogP contribution in [0, 0.1) is 5.92 Å². The van der Waals surface area contributed by atoms with Crippen LogP contribution in [0.25, 0.3) is 0 Å². The number of rotatable bonds is 5. The lowest BCUT2D eigenvalue weighted by atomic mass is 9.89. The van der Waals surface area contributed by atoms with E-state index in [1.165, 1.54) is 0 Å². The summed E-state index contributed by atoms with van der Waals surface area (Å²) in [5.41, 5.74) is 0. The summed E-state index contributed by atoms with van der Waals surface area (Å²) in [7, 11) is 2.76. The lowest BCUT2D eigenvalue weighted by molar-refractivity contribution is 0.197. The van der Waals surface area contributed by atoms with Crippen molar-refractivity contribution in [2.75, 3.05) is 13.2 Å². The van der Waals surface area contributed by atoms with E-state index in [4.69, 9.17) is 10.2 Å². The zero-order valence-corrected chi connectivity index (χ0v) is 8.53. The Morgan fingerprint density at radius 2 is 1.55 bits per heavy atom. The van der Waals surface area contributed by atoms with E-state index < -0.39 is 0 Å². The third kappa shape index (κ3) is 4.73. The molecule has 11 heavy (non-hydrogen) atoms. The third-order valence-corrected chi connectivity index (χ3v) is 2.48. The van der Waals surface area contributed by atoms with Gasteiger partial charge in [0.2, 0.25) is 0 Å². The van der Waals surface area contributed by atoms with Gasteiger partial charge < -0.3 is 10.2 Å². The van der Waals surface area contributed by atoms with Crippen molar-refractivity contribution in [3.05, 3.63) is 0 Å². The quantitative estimate of drug-likeness (QED) is 0.617. The van der Waals surface area contributed by atoms with E-state index in [0.29, 0.717) is 5.92 Å². The highest BCUT2D eigenvalue weighted by Gasteiger charge is 2.23. The van der Waals surface area contributed by atoms with E-state index in [1.807, 2.05) is 0 Å². The summed E-state index contributed by atoms with van der Waals surface area (Å²) in [6.45, 7) is 4.63. The first kappa shape index (κ1) is 11.4. The van der Waals surface area contributed by atoms with E-state index in [0.717, 1.165) is 12.8 Å². The number of aliphatic hydroxyl groups is 2. The number of hydrogen-bond donors (Lipinski definition) is 2. The summed E-state index contributed by atoms with van der Waals surface area (Å²) in [5.74, 6) is 0.391. The van der Waals surface area contributed by atoms with E-state index in [-0.39, 0.29) is 18.4 Å². The van der Waals surface area contributed by atoms with Crippen molar-refractivity contribution in [2.24, 2.45) is 5.92 Å². The van der Waals surface area contributed by atoms with Gasteiger partial charge in [0, 0.05) is 13.2 Å². The fourth-order valence-electron chi connectivity index (χ4n) is 1.20. The van der Waals surface area contributed by atoms with Crippen molar-refractivity contribution in [1.82, 2.24) is 0 Å². The molecule has 0 saturated heterocycles. The zero-order chi connectivity index (χ0) is 8.91. The minimum Gasteiger partial charge on any atom is -0.396 e. The second kappa shape index (κ2) is 5.08. The normalized spacial score (nSPS) is 12.5. The van der Waals surface area contributed by atoms with Crippen molar-refractivity contribution in [3.8, 4) is 0 Å². The molecule has 0 aromatic carbocycles. The molecule has 2 N–H and O–H groups in total. The Morgan fingerprint density at radius 1 is 1.18 bits per heavy atom. The predicted octanol–water partition coefficient (Wildman–Crippen LogP) is 1.02. The Labute approximate surface area is 71.2 Å². The Hall–Kier alpha value is 0.350. The summed E-state index contributed by atoms with van der Waals surface area (Å²) in [5, 5.41) is 17.6. The van der Waals surface area contributed by atoms with E-state index in [2.05, 4.69) is 23.1 Å². The zero-order valence-electron chi connectivity index (χ0n) is 7.38. The molecule has 0 aliphatic heterocycles. The molecule has 0 saturated carbocycles. The van der Waals surface area contributed by atoms with Gasteiger partial charge in [0.05, 0.1) is 0 Å². The Morgan fingerprint density at radius 3 is 1.73 bits per heavy atom. The van der Waals surface area contributed by atoms with E-state index in [9.17, 15) is 0 Å². The van der Waals surface area contributed by atoms with Crippen LogP contribution in [-0.2, 0) is 0 Å². The van der Waals surface area contributed by atoms with Gasteiger partial charge in [0.15, 0.2) is 0 Å². The molecule has 0 radical (unpaired) electrons. The highest BCUT2D eigenvalue weighted by atomic mass is 31.0. The maximum atomic E-state index is 8.74. The van der Waals surface area contributed by atoms with Crippen molar-refractivity contribution < 1.29 is 10.2 Å². The highest BCUT2D eigenvalue weighted by molar-refractivity contribution is 7.18. The fourth-order valence-corrected chi connectivity index (χ4v) is 1.53. The molecule has 0 rings (SSSR count). The van der Waals surface area contributed by atoms with Gasteiger partial charge >= 0.3 is 0 Å². The molecule has 2 nitrogen and oxygen atoms in total. The van der Waals surface area contributed by atoms with Gasteiger partial charge in [-0.2, -0.15) is 0 Å². The van der Waals surface area contributed by atoms with Crippen LogP contribution in [0.15, 0.2) is 0 Å². The minimum atomic E-state index is 0.117. The maximum Gasteiger partial charge on any atom is 0.0434 e. The first-order valence-electron chi connectivity index (χ1n) is 4.03. The Kier molecular flexibility index (Phi) is 5.24. The van der Waals surface area contributed by atoms with Crippen LogP contribution < -0.4 is 0 Å². The fraction of sp³-hybridized carbons (Fsp3) is 1.00. The summed E-state index contributed by atoms with van der Waals surface area (Å²) >= 11 is 0. The van der Waals surface area contributed by atoms with Crippen LogP contribution in [0.4, 0.5) is 0 Å². The topological polar surface area (TPSA) is 40.5 Å². The highest BCUT2D eigenvalue weighted by Crippen LogP contribution is 2.31. The molecule has 0 amide bonds. The van der Waals surface area contributed by atoms with Gasteiger partial charge in [-0.25, -0.2) is 0 Å². The molecule has 0 aliphatic carbocycles. The van der Waals surface area contributed by atoms with Crippen molar-refractivity contribution in [1.29, 1.82) is 0 Å². The van der Waals surface area contributed by atoms with Crippen molar-refractivity contribution in [2.45, 2.75) is 31.8 Å². The SMILES string of the molecule is CC(C)(P)C(CCO)CCO. The average Bonchev–Trinajstić information content (AvgIpc) is 1.85. The molecule has 0 spiro atoms. The molecule has 3 heteroatoms. The number of hydrogen-bond acceptors (Lipinski definition) is 2. The van der Waals surface area contributed by atoms with Gasteiger partial charge in [0.1, 0.15) is 0 Å². The van der Waals surface area contributed by atoms with E-state index in [1.54, 1.807) is 0 Å². The van der Waals surface area contributed by atoms with Gasteiger partial charge in [-0.15, -0.1) is 9.24 Å². The monoisotopic (exact) mass is 178 g/mol. The van der Waals surface area contributed by atoms with Gasteiger partial charge in [-0.05, 0) is 23.9 Å². The standard InChI is InChI=1S/C8H19O2P/c1-8(2,11)7(3-5-9)4-6-10/h7,9-10H,3-6,11H2,1-2H3. The molecule has 0 fully saturated rings. The summed E-state index contributed by atoms with van der Waals surface area (Å²) < 4.78 is 0. The predicted molar refractivity (Wildman–Crippen MR) is 50.7 cm³/mol. The third-order valence-electron chi connectivity index (χ3n) is 2.01. The smallest absolute Gasteiger partial charge is 0.0434 e. The molecule has 0 aromatic rings. The minimum absolute atomic E-state index is 0.117. The summed E-state index contributed by atoms with van der Waals surface area (Å²) in [6.07, 6.45) is 1.55. The number of aliphatic hydroxyl groups excluding tert-OH is 2. The molecule has 0 aromatic heterocycles. The van der Waals surface area contributed by atoms with E-state index >= 15 is 0 Å². The Balaban J connectivity index is 3.88. The first-order valence-corrected chi connectivity index (χ1v) is 4.60. The van der Waals surface area contributed by atoms with Gasteiger partial charge in [-0.1, -0.05) is 13.8 Å².